The average molecular weight is 542 g/mol. The Morgan fingerprint density at radius 3 is 2.49 bits per heavy atom. The molecule has 0 radical (unpaired) electrons. The van der Waals surface area contributed by atoms with Crippen LogP contribution in [0.3, 0.4) is 0 Å². The maximum absolute atomic E-state index is 12.7. The molecule has 0 spiro atoms. The fraction of sp³-hybridized carbons (Fsp3) is 0.280. The summed E-state index contributed by atoms with van der Waals surface area (Å²) in [5.41, 5.74) is 1.63. The summed E-state index contributed by atoms with van der Waals surface area (Å²) in [7, 11) is 4.37. The lowest BCUT2D eigenvalue weighted by atomic mass is 10.1. The van der Waals surface area contributed by atoms with Gasteiger partial charge in [0.25, 0.3) is 5.91 Å². The Balaban J connectivity index is 1.31. The molecule has 1 aliphatic rings. The minimum absolute atomic E-state index is 0.0818. The Morgan fingerprint density at radius 2 is 1.81 bits per heavy atom. The zero-order valence-electron chi connectivity index (χ0n) is 19.9. The summed E-state index contributed by atoms with van der Waals surface area (Å²) in [6.07, 6.45) is 1.16. The highest BCUT2D eigenvalue weighted by Gasteiger charge is 2.37. The summed E-state index contributed by atoms with van der Waals surface area (Å²) < 4.78 is 17.6. The van der Waals surface area contributed by atoms with Crippen LogP contribution < -0.4 is 16.3 Å². The van der Waals surface area contributed by atoms with E-state index < -0.39 is 17.8 Å². The molecule has 10 nitrogen and oxygen atoms in total. The second-order valence-electron chi connectivity index (χ2n) is 8.47. The summed E-state index contributed by atoms with van der Waals surface area (Å²) in [5.74, 6) is -0.359. The number of aromatic nitrogens is 2. The summed E-state index contributed by atoms with van der Waals surface area (Å²) in [4.78, 5) is 41.4. The van der Waals surface area contributed by atoms with Gasteiger partial charge in [0.05, 0.1) is 19.1 Å². The fourth-order valence-corrected chi connectivity index (χ4v) is 4.44. The lowest BCUT2D eigenvalue weighted by Crippen LogP contribution is -2.28. The van der Waals surface area contributed by atoms with Crippen molar-refractivity contribution in [1.82, 2.24) is 14.9 Å². The molecule has 2 aromatic carbocycles. The third-order valence-corrected chi connectivity index (χ3v) is 6.45. The van der Waals surface area contributed by atoms with Crippen molar-refractivity contribution in [3.05, 3.63) is 94.0 Å². The van der Waals surface area contributed by atoms with E-state index in [1.165, 1.54) is 16.8 Å². The average Bonchev–Trinajstić information content (AvgIpc) is 3.31. The maximum Gasteiger partial charge on any atom is 0.351 e. The van der Waals surface area contributed by atoms with E-state index in [1.54, 1.807) is 24.3 Å². The molecule has 3 aromatic rings. The molecule has 4 rings (SSSR count). The highest BCUT2D eigenvalue weighted by Crippen LogP contribution is 2.31. The van der Waals surface area contributed by atoms with Gasteiger partial charge in [-0.1, -0.05) is 42.5 Å². The standard InChI is InChI=1S/C25H28N4O6P2/c30-22(12-16-4-2-1-3-5-16)26-14-17-6-8-18(9-7-17)24(31)27-21-10-11-29(25(32)28-21)23-13-19(35-37)20(34-23)15-33-36/h1-11,19-20,23H,12-15,36-37H2,(H,26,30)(H,27,28,31,32)/t19-,20-,23-/m1/s1. The molecule has 2 unspecified atom stereocenters. The van der Waals surface area contributed by atoms with Crippen LogP contribution in [0, 0.1) is 0 Å². The first-order valence-electron chi connectivity index (χ1n) is 11.6. The zero-order valence-corrected chi connectivity index (χ0v) is 22.2. The molecule has 2 amide bonds. The molecule has 2 heterocycles. The van der Waals surface area contributed by atoms with E-state index in [0.29, 0.717) is 31.6 Å². The van der Waals surface area contributed by atoms with Crippen LogP contribution in [-0.4, -0.2) is 40.2 Å². The van der Waals surface area contributed by atoms with Crippen molar-refractivity contribution >= 4 is 36.6 Å². The van der Waals surface area contributed by atoms with Gasteiger partial charge < -0.3 is 24.4 Å². The Labute approximate surface area is 218 Å². The van der Waals surface area contributed by atoms with Gasteiger partial charge >= 0.3 is 5.69 Å². The molecule has 2 N–H and O–H groups in total. The Morgan fingerprint density at radius 1 is 1.05 bits per heavy atom. The Kier molecular flexibility index (Phi) is 9.50. The van der Waals surface area contributed by atoms with Crippen LogP contribution in [-0.2, 0) is 31.5 Å². The van der Waals surface area contributed by atoms with Gasteiger partial charge in [-0.25, -0.2) is 4.79 Å². The number of benzene rings is 2. The first-order chi connectivity index (χ1) is 18.0. The molecule has 0 saturated carbocycles. The normalized spacial score (nSPS) is 18.9. The van der Waals surface area contributed by atoms with Crippen LogP contribution >= 0.6 is 18.9 Å². The Bertz CT molecular complexity index is 1270. The van der Waals surface area contributed by atoms with E-state index >= 15 is 0 Å². The summed E-state index contributed by atoms with van der Waals surface area (Å²) >= 11 is 0. The lowest BCUT2D eigenvalue weighted by Gasteiger charge is -2.16. The first-order valence-corrected chi connectivity index (χ1v) is 12.5. The number of rotatable bonds is 10. The molecular formula is C25H28N4O6P2. The molecule has 0 aliphatic carbocycles. The lowest BCUT2D eigenvalue weighted by molar-refractivity contribution is -0.120. The largest absolute Gasteiger partial charge is 0.363 e. The van der Waals surface area contributed by atoms with Gasteiger partial charge in [-0.3, -0.25) is 14.2 Å². The van der Waals surface area contributed by atoms with E-state index in [4.69, 9.17) is 13.8 Å². The monoisotopic (exact) mass is 542 g/mol. The number of nitrogens with zero attached hydrogens (tertiary/aromatic N) is 2. The number of hydrogen-bond donors (Lipinski definition) is 2. The number of carbonyl (C=O) groups is 2. The summed E-state index contributed by atoms with van der Waals surface area (Å²) in [6.45, 7) is 0.651. The number of ether oxygens (including phenoxy) is 1. The topological polar surface area (TPSA) is 121 Å². The van der Waals surface area contributed by atoms with Crippen LogP contribution in [0.5, 0.6) is 0 Å². The van der Waals surface area contributed by atoms with Crippen molar-refractivity contribution in [2.45, 2.75) is 37.8 Å². The van der Waals surface area contributed by atoms with Crippen LogP contribution in [0.15, 0.2) is 71.7 Å². The SMILES string of the molecule is O=C(Cc1ccccc1)NCc1ccc(C(=O)Nc2ccn([C@H]3C[C@@H](OP)[C@@H](COP)O3)c(=O)n2)cc1. The third kappa shape index (κ3) is 7.28. The van der Waals surface area contributed by atoms with Crippen molar-refractivity contribution < 1.29 is 23.4 Å². The number of carbonyl (C=O) groups excluding carboxylic acids is 2. The third-order valence-electron chi connectivity index (χ3n) is 5.91. The second kappa shape index (κ2) is 13.0. The quantitative estimate of drug-likeness (QED) is 0.378. The second-order valence-corrected chi connectivity index (χ2v) is 9.07. The van der Waals surface area contributed by atoms with Gasteiger partial charge in [0.2, 0.25) is 5.91 Å². The van der Waals surface area contributed by atoms with Crippen LogP contribution in [0.25, 0.3) is 0 Å². The summed E-state index contributed by atoms with van der Waals surface area (Å²) in [5, 5.41) is 5.51. The molecule has 1 aliphatic heterocycles. The minimum Gasteiger partial charge on any atom is -0.363 e. The van der Waals surface area contributed by atoms with E-state index in [-0.39, 0.29) is 23.9 Å². The highest BCUT2D eigenvalue weighted by atomic mass is 31.0. The van der Waals surface area contributed by atoms with Crippen LogP contribution in [0.1, 0.15) is 34.1 Å². The zero-order chi connectivity index (χ0) is 26.2. The van der Waals surface area contributed by atoms with E-state index in [1.807, 2.05) is 30.3 Å². The predicted octanol–water partition coefficient (Wildman–Crippen LogP) is 2.62. The Hall–Kier alpha value is -3.00. The maximum atomic E-state index is 12.7. The van der Waals surface area contributed by atoms with Crippen molar-refractivity contribution in [1.29, 1.82) is 0 Å². The van der Waals surface area contributed by atoms with Gasteiger partial charge in [-0.2, -0.15) is 4.98 Å². The van der Waals surface area contributed by atoms with Gasteiger partial charge in [0, 0.05) is 43.7 Å². The number of amides is 2. The number of hydrogen-bond acceptors (Lipinski definition) is 7. The van der Waals surface area contributed by atoms with Crippen molar-refractivity contribution in [3.63, 3.8) is 0 Å². The highest BCUT2D eigenvalue weighted by molar-refractivity contribution is 7.10. The molecule has 1 aromatic heterocycles. The van der Waals surface area contributed by atoms with Crippen LogP contribution in [0.4, 0.5) is 5.82 Å². The number of anilines is 1. The van der Waals surface area contributed by atoms with E-state index in [9.17, 15) is 14.4 Å². The molecule has 5 atom stereocenters. The molecular weight excluding hydrogens is 514 g/mol. The van der Waals surface area contributed by atoms with Gasteiger partial charge in [-0.15, -0.1) is 0 Å². The van der Waals surface area contributed by atoms with Crippen molar-refractivity contribution in [2.24, 2.45) is 0 Å². The molecule has 37 heavy (non-hydrogen) atoms. The fourth-order valence-electron chi connectivity index (χ4n) is 3.97. The predicted molar refractivity (Wildman–Crippen MR) is 144 cm³/mol. The van der Waals surface area contributed by atoms with Crippen LogP contribution in [0.2, 0.25) is 0 Å². The minimum atomic E-state index is -0.556. The molecule has 1 fully saturated rings. The van der Waals surface area contributed by atoms with Crippen molar-refractivity contribution in [3.8, 4) is 0 Å². The summed E-state index contributed by atoms with van der Waals surface area (Å²) in [6, 6.07) is 17.9. The van der Waals surface area contributed by atoms with Gasteiger partial charge in [0.1, 0.15) is 18.1 Å². The van der Waals surface area contributed by atoms with Gasteiger partial charge in [0.15, 0.2) is 0 Å². The molecule has 194 valence electrons. The molecule has 0 bridgehead atoms. The molecule has 12 heteroatoms. The van der Waals surface area contributed by atoms with Crippen molar-refractivity contribution in [2.75, 3.05) is 11.9 Å². The van der Waals surface area contributed by atoms with E-state index in [2.05, 4.69) is 34.6 Å². The van der Waals surface area contributed by atoms with E-state index in [0.717, 1.165) is 11.1 Å². The first kappa shape index (κ1) is 27.0. The van der Waals surface area contributed by atoms with Gasteiger partial charge in [-0.05, 0) is 29.3 Å². The number of nitrogens with one attached hydrogen (secondary N) is 2. The smallest absolute Gasteiger partial charge is 0.351 e. The molecule has 1 saturated heterocycles.